The fraction of sp³-hybridized carbons (Fsp3) is 0.167. The summed E-state index contributed by atoms with van der Waals surface area (Å²) in [7, 11) is 0. The number of benzene rings is 1. The van der Waals surface area contributed by atoms with Crippen LogP contribution in [0.3, 0.4) is 0 Å². The van der Waals surface area contributed by atoms with Crippen LogP contribution in [0.5, 0.6) is 0 Å². The minimum absolute atomic E-state index is 0.583. The van der Waals surface area contributed by atoms with Crippen molar-refractivity contribution in [3.63, 3.8) is 0 Å². The third-order valence-corrected chi connectivity index (χ3v) is 6.71. The van der Waals surface area contributed by atoms with Gasteiger partial charge in [0, 0.05) is 13.8 Å². The van der Waals surface area contributed by atoms with Gasteiger partial charge in [-0.1, -0.05) is 28.1 Å². The molecule has 0 saturated carbocycles. The fourth-order valence-electron chi connectivity index (χ4n) is 1.57. The maximum Gasteiger partial charge on any atom is 0.114 e. The van der Waals surface area contributed by atoms with E-state index < -0.39 is 6.10 Å². The molecular weight excluding hydrogens is 432 g/mol. The van der Waals surface area contributed by atoms with Crippen molar-refractivity contribution in [3.8, 4) is 0 Å². The molecule has 1 heterocycles. The predicted molar refractivity (Wildman–Crippen MR) is 82.7 cm³/mol. The van der Waals surface area contributed by atoms with E-state index in [1.54, 1.807) is 0 Å². The maximum atomic E-state index is 10.4. The monoisotopic (exact) mass is 438 g/mol. The molecule has 1 aromatic heterocycles. The molecule has 1 N–H and O–H groups in total. The highest BCUT2D eigenvalue weighted by molar-refractivity contribution is 9.13. The van der Waals surface area contributed by atoms with Gasteiger partial charge < -0.3 is 5.11 Å². The van der Waals surface area contributed by atoms with Crippen molar-refractivity contribution in [2.45, 2.75) is 13.0 Å². The number of hydrogen-bond donors (Lipinski definition) is 1. The summed E-state index contributed by atoms with van der Waals surface area (Å²) >= 11 is 11.9. The van der Waals surface area contributed by atoms with Gasteiger partial charge in [0.05, 0.1) is 3.79 Å². The Morgan fingerprint density at radius 2 is 1.88 bits per heavy atom. The van der Waals surface area contributed by atoms with E-state index in [1.807, 2.05) is 31.2 Å². The molecule has 0 aliphatic carbocycles. The molecule has 0 aliphatic rings. The first-order valence-corrected chi connectivity index (χ1v) is 8.08. The van der Waals surface area contributed by atoms with Crippen LogP contribution < -0.4 is 0 Å². The Balaban J connectivity index is 2.43. The van der Waals surface area contributed by atoms with Gasteiger partial charge in [-0.05, 0) is 62.0 Å². The van der Waals surface area contributed by atoms with Crippen LogP contribution in [0.4, 0.5) is 0 Å². The van der Waals surface area contributed by atoms with E-state index in [2.05, 4.69) is 47.8 Å². The van der Waals surface area contributed by atoms with Crippen LogP contribution >= 0.6 is 59.1 Å². The average Bonchev–Trinajstić information content (AvgIpc) is 2.62. The van der Waals surface area contributed by atoms with Crippen molar-refractivity contribution in [2.75, 3.05) is 0 Å². The number of thiophene rings is 1. The van der Waals surface area contributed by atoms with Gasteiger partial charge >= 0.3 is 0 Å². The lowest BCUT2D eigenvalue weighted by molar-refractivity contribution is 0.223. The second kappa shape index (κ2) is 5.53. The molecule has 0 amide bonds. The van der Waals surface area contributed by atoms with Gasteiger partial charge in [-0.25, -0.2) is 0 Å². The molecule has 1 unspecified atom stereocenters. The molecular formula is C12H9Br3OS. The van der Waals surface area contributed by atoms with E-state index in [-0.39, 0.29) is 0 Å². The summed E-state index contributed by atoms with van der Waals surface area (Å²) in [4.78, 5) is 0.921. The molecule has 1 nitrogen and oxygen atoms in total. The summed E-state index contributed by atoms with van der Waals surface area (Å²) in [5.41, 5.74) is 2.00. The minimum atomic E-state index is -0.583. The molecule has 0 fully saturated rings. The fourth-order valence-corrected chi connectivity index (χ4v) is 4.05. The smallest absolute Gasteiger partial charge is 0.114 e. The zero-order valence-corrected chi connectivity index (χ0v) is 14.5. The standard InChI is InChI=1S/C12H9Br3OS/c1-6-7(3-2-4-8(6)13)11(16)10-5-9(14)12(15)17-10/h2-5,11,16H,1H3. The number of halogens is 3. The molecule has 1 aromatic carbocycles. The SMILES string of the molecule is Cc1c(Br)cccc1C(O)c1cc(Br)c(Br)s1. The normalized spacial score (nSPS) is 12.8. The average molecular weight is 441 g/mol. The molecule has 1 atom stereocenters. The lowest BCUT2D eigenvalue weighted by Crippen LogP contribution is -2.00. The summed E-state index contributed by atoms with van der Waals surface area (Å²) in [6.45, 7) is 2.00. The second-order valence-electron chi connectivity index (χ2n) is 3.63. The minimum Gasteiger partial charge on any atom is -0.383 e. The zero-order chi connectivity index (χ0) is 12.6. The molecule has 2 rings (SSSR count). The molecule has 0 saturated heterocycles. The molecule has 0 spiro atoms. The molecule has 90 valence electrons. The maximum absolute atomic E-state index is 10.4. The molecule has 17 heavy (non-hydrogen) atoms. The highest BCUT2D eigenvalue weighted by atomic mass is 79.9. The molecule has 5 heteroatoms. The Morgan fingerprint density at radius 3 is 2.47 bits per heavy atom. The van der Waals surface area contributed by atoms with Crippen LogP contribution in [0.15, 0.2) is 37.0 Å². The van der Waals surface area contributed by atoms with Gasteiger partial charge in [0.2, 0.25) is 0 Å². The third kappa shape index (κ3) is 2.84. The van der Waals surface area contributed by atoms with Gasteiger partial charge in [0.25, 0.3) is 0 Å². The second-order valence-corrected chi connectivity index (χ2v) is 7.74. The summed E-state index contributed by atoms with van der Waals surface area (Å²) in [6.07, 6.45) is -0.583. The predicted octanol–water partition coefficient (Wildman–Crippen LogP) is 5.43. The third-order valence-electron chi connectivity index (χ3n) is 2.54. The van der Waals surface area contributed by atoms with Crippen LogP contribution in [0, 0.1) is 6.92 Å². The van der Waals surface area contributed by atoms with Crippen molar-refractivity contribution in [1.29, 1.82) is 0 Å². The van der Waals surface area contributed by atoms with Crippen LogP contribution in [0.1, 0.15) is 22.1 Å². The van der Waals surface area contributed by atoms with E-state index in [4.69, 9.17) is 0 Å². The summed E-state index contributed by atoms with van der Waals surface area (Å²) in [5.74, 6) is 0. The molecule has 0 radical (unpaired) electrons. The van der Waals surface area contributed by atoms with Crippen molar-refractivity contribution in [1.82, 2.24) is 0 Å². The first-order chi connectivity index (χ1) is 8.00. The number of aliphatic hydroxyl groups is 1. The number of aliphatic hydroxyl groups excluding tert-OH is 1. The van der Waals surface area contributed by atoms with Crippen molar-refractivity contribution in [2.24, 2.45) is 0 Å². The lowest BCUT2D eigenvalue weighted by atomic mass is 10.0. The molecule has 0 bridgehead atoms. The van der Waals surface area contributed by atoms with Crippen molar-refractivity contribution >= 4 is 59.1 Å². The first-order valence-electron chi connectivity index (χ1n) is 4.88. The Labute approximate surface area is 129 Å². The molecule has 0 aliphatic heterocycles. The Bertz CT molecular complexity index is 531. The summed E-state index contributed by atoms with van der Waals surface area (Å²) < 4.78 is 2.99. The highest BCUT2D eigenvalue weighted by Gasteiger charge is 2.17. The van der Waals surface area contributed by atoms with Gasteiger partial charge in [0.1, 0.15) is 6.10 Å². The molecule has 2 aromatic rings. The number of rotatable bonds is 2. The lowest BCUT2D eigenvalue weighted by Gasteiger charge is -2.13. The van der Waals surface area contributed by atoms with Crippen LogP contribution in [0.25, 0.3) is 0 Å². The largest absolute Gasteiger partial charge is 0.383 e. The quantitative estimate of drug-likeness (QED) is 0.660. The Kier molecular flexibility index (Phi) is 4.47. The van der Waals surface area contributed by atoms with E-state index in [0.29, 0.717) is 0 Å². The first kappa shape index (κ1) is 13.7. The van der Waals surface area contributed by atoms with Crippen LogP contribution in [0.2, 0.25) is 0 Å². The van der Waals surface area contributed by atoms with Gasteiger partial charge in [-0.3, -0.25) is 0 Å². The topological polar surface area (TPSA) is 20.2 Å². The van der Waals surface area contributed by atoms with Crippen LogP contribution in [-0.4, -0.2) is 5.11 Å². The van der Waals surface area contributed by atoms with Gasteiger partial charge in [0.15, 0.2) is 0 Å². The highest BCUT2D eigenvalue weighted by Crippen LogP contribution is 2.38. The van der Waals surface area contributed by atoms with Crippen LogP contribution in [-0.2, 0) is 0 Å². The van der Waals surface area contributed by atoms with Gasteiger partial charge in [-0.15, -0.1) is 11.3 Å². The van der Waals surface area contributed by atoms with Crippen molar-refractivity contribution < 1.29 is 5.11 Å². The van der Waals surface area contributed by atoms with Gasteiger partial charge in [-0.2, -0.15) is 0 Å². The van der Waals surface area contributed by atoms with E-state index in [0.717, 1.165) is 28.7 Å². The van der Waals surface area contributed by atoms with Crippen molar-refractivity contribution in [3.05, 3.63) is 53.0 Å². The van der Waals surface area contributed by atoms with E-state index in [1.165, 1.54) is 11.3 Å². The summed E-state index contributed by atoms with van der Waals surface area (Å²) in [6, 6.07) is 7.81. The Morgan fingerprint density at radius 1 is 1.18 bits per heavy atom. The van der Waals surface area contributed by atoms with E-state index >= 15 is 0 Å². The Hall–Kier alpha value is 0.320. The zero-order valence-electron chi connectivity index (χ0n) is 8.88. The van der Waals surface area contributed by atoms with E-state index in [9.17, 15) is 5.11 Å². The number of hydrogen-bond acceptors (Lipinski definition) is 2. The summed E-state index contributed by atoms with van der Waals surface area (Å²) in [5, 5.41) is 10.4.